The van der Waals surface area contributed by atoms with Gasteiger partial charge in [0.1, 0.15) is 11.6 Å². The molecule has 1 aromatic carbocycles. The number of rotatable bonds is 3. The standard InChI is InChI=1S/C10H8F2N2S2/c11-7-3-6(5-13)4-8(12)9(7)16-10-14-1-2-15-10/h1-4H,5,13H2. The minimum Gasteiger partial charge on any atom is -0.326 e. The fraction of sp³-hybridized carbons (Fsp3) is 0.100. The van der Waals surface area contributed by atoms with Gasteiger partial charge in [-0.25, -0.2) is 13.8 Å². The zero-order chi connectivity index (χ0) is 11.5. The van der Waals surface area contributed by atoms with E-state index >= 15 is 0 Å². The topological polar surface area (TPSA) is 38.9 Å². The van der Waals surface area contributed by atoms with Crippen molar-refractivity contribution in [2.45, 2.75) is 15.8 Å². The van der Waals surface area contributed by atoms with Gasteiger partial charge in [0.25, 0.3) is 0 Å². The maximum atomic E-state index is 13.6. The lowest BCUT2D eigenvalue weighted by atomic mass is 10.2. The summed E-state index contributed by atoms with van der Waals surface area (Å²) in [6.45, 7) is 0.121. The molecule has 0 aliphatic rings. The van der Waals surface area contributed by atoms with Crippen molar-refractivity contribution in [3.05, 3.63) is 40.9 Å². The van der Waals surface area contributed by atoms with Gasteiger partial charge in [-0.05, 0) is 17.7 Å². The van der Waals surface area contributed by atoms with Crippen LogP contribution in [0.2, 0.25) is 0 Å². The number of hydrogen-bond donors (Lipinski definition) is 1. The molecule has 0 aliphatic heterocycles. The highest BCUT2D eigenvalue weighted by molar-refractivity contribution is 8.01. The third-order valence-corrected chi connectivity index (χ3v) is 3.87. The van der Waals surface area contributed by atoms with E-state index in [1.807, 2.05) is 0 Å². The van der Waals surface area contributed by atoms with E-state index in [1.54, 1.807) is 11.6 Å². The molecule has 0 bridgehead atoms. The molecule has 0 aliphatic carbocycles. The van der Waals surface area contributed by atoms with Crippen LogP contribution in [0.5, 0.6) is 0 Å². The molecule has 2 aromatic rings. The highest BCUT2D eigenvalue weighted by Gasteiger charge is 2.13. The van der Waals surface area contributed by atoms with Gasteiger partial charge >= 0.3 is 0 Å². The lowest BCUT2D eigenvalue weighted by molar-refractivity contribution is 0.537. The first kappa shape index (κ1) is 11.5. The quantitative estimate of drug-likeness (QED) is 0.919. The average Bonchev–Trinajstić information content (AvgIpc) is 2.75. The van der Waals surface area contributed by atoms with Crippen LogP contribution >= 0.6 is 23.1 Å². The monoisotopic (exact) mass is 258 g/mol. The normalized spacial score (nSPS) is 10.7. The van der Waals surface area contributed by atoms with Gasteiger partial charge in [0.15, 0.2) is 4.34 Å². The number of aromatic nitrogens is 1. The smallest absolute Gasteiger partial charge is 0.154 e. The Bertz CT molecular complexity index is 463. The van der Waals surface area contributed by atoms with Crippen molar-refractivity contribution in [1.29, 1.82) is 0 Å². The third-order valence-electron chi connectivity index (χ3n) is 1.89. The highest BCUT2D eigenvalue weighted by Crippen LogP contribution is 2.33. The van der Waals surface area contributed by atoms with Crippen molar-refractivity contribution >= 4 is 23.1 Å². The zero-order valence-corrected chi connectivity index (χ0v) is 9.75. The largest absolute Gasteiger partial charge is 0.326 e. The van der Waals surface area contributed by atoms with Gasteiger partial charge in [-0.1, -0.05) is 11.8 Å². The van der Waals surface area contributed by atoms with Crippen LogP contribution in [-0.2, 0) is 6.54 Å². The first-order valence-electron chi connectivity index (χ1n) is 4.46. The summed E-state index contributed by atoms with van der Waals surface area (Å²) in [6, 6.07) is 2.50. The molecule has 1 heterocycles. The van der Waals surface area contributed by atoms with Crippen molar-refractivity contribution in [2.24, 2.45) is 5.73 Å². The van der Waals surface area contributed by atoms with Gasteiger partial charge in [-0.15, -0.1) is 11.3 Å². The number of nitrogens with two attached hydrogens (primary N) is 1. The Morgan fingerprint density at radius 1 is 1.31 bits per heavy atom. The predicted molar refractivity (Wildman–Crippen MR) is 60.5 cm³/mol. The van der Waals surface area contributed by atoms with Crippen LogP contribution in [-0.4, -0.2) is 4.98 Å². The molecule has 2 rings (SSSR count). The van der Waals surface area contributed by atoms with E-state index in [1.165, 1.54) is 23.5 Å². The number of nitrogens with zero attached hydrogens (tertiary/aromatic N) is 1. The molecule has 0 fully saturated rings. The van der Waals surface area contributed by atoms with Crippen LogP contribution in [0.15, 0.2) is 32.9 Å². The molecule has 0 radical (unpaired) electrons. The molecule has 84 valence electrons. The van der Waals surface area contributed by atoms with Gasteiger partial charge in [0.05, 0.1) is 4.90 Å². The summed E-state index contributed by atoms with van der Waals surface area (Å²) in [4.78, 5) is 3.92. The SMILES string of the molecule is NCc1cc(F)c(Sc2nccs2)c(F)c1. The molecular formula is C10H8F2N2S2. The van der Waals surface area contributed by atoms with E-state index in [0.717, 1.165) is 11.8 Å². The zero-order valence-electron chi connectivity index (χ0n) is 8.11. The number of benzene rings is 1. The second kappa shape index (κ2) is 4.90. The molecule has 2 N–H and O–H groups in total. The Hall–Kier alpha value is -0.980. The van der Waals surface area contributed by atoms with Crippen LogP contribution in [0.4, 0.5) is 8.78 Å². The fourth-order valence-corrected chi connectivity index (χ4v) is 2.75. The molecule has 1 aromatic heterocycles. The van der Waals surface area contributed by atoms with Gasteiger partial charge in [-0.2, -0.15) is 0 Å². The number of thiazole rings is 1. The Morgan fingerprint density at radius 3 is 2.50 bits per heavy atom. The van der Waals surface area contributed by atoms with Crippen molar-refractivity contribution in [2.75, 3.05) is 0 Å². The van der Waals surface area contributed by atoms with Crippen molar-refractivity contribution in [3.63, 3.8) is 0 Å². The molecule has 0 atom stereocenters. The lowest BCUT2D eigenvalue weighted by Gasteiger charge is -2.04. The Morgan fingerprint density at radius 2 is 2.00 bits per heavy atom. The van der Waals surface area contributed by atoms with Crippen LogP contribution in [0.1, 0.15) is 5.56 Å². The first-order chi connectivity index (χ1) is 7.70. The second-order valence-corrected chi connectivity index (χ2v) is 5.14. The average molecular weight is 258 g/mol. The Balaban J connectivity index is 2.34. The summed E-state index contributed by atoms with van der Waals surface area (Å²) < 4.78 is 27.7. The summed E-state index contributed by atoms with van der Waals surface area (Å²) in [5.74, 6) is -1.19. The van der Waals surface area contributed by atoms with E-state index in [4.69, 9.17) is 5.73 Å². The van der Waals surface area contributed by atoms with Gasteiger partial charge in [0, 0.05) is 18.1 Å². The van der Waals surface area contributed by atoms with Gasteiger partial charge in [0.2, 0.25) is 0 Å². The van der Waals surface area contributed by atoms with E-state index < -0.39 is 11.6 Å². The summed E-state index contributed by atoms with van der Waals surface area (Å²) >= 11 is 2.32. The van der Waals surface area contributed by atoms with E-state index in [2.05, 4.69) is 4.98 Å². The number of halogens is 2. The minimum absolute atomic E-state index is 0.0350. The third kappa shape index (κ3) is 2.40. The Labute approximate surface area is 99.5 Å². The van der Waals surface area contributed by atoms with Crippen LogP contribution in [0.3, 0.4) is 0 Å². The van der Waals surface area contributed by atoms with Crippen molar-refractivity contribution < 1.29 is 8.78 Å². The maximum Gasteiger partial charge on any atom is 0.154 e. The van der Waals surface area contributed by atoms with E-state index in [9.17, 15) is 8.78 Å². The number of hydrogen-bond acceptors (Lipinski definition) is 4. The van der Waals surface area contributed by atoms with Crippen molar-refractivity contribution in [3.8, 4) is 0 Å². The first-order valence-corrected chi connectivity index (χ1v) is 6.15. The van der Waals surface area contributed by atoms with Crippen LogP contribution in [0.25, 0.3) is 0 Å². The molecule has 0 amide bonds. The maximum absolute atomic E-state index is 13.6. The summed E-state index contributed by atoms with van der Waals surface area (Å²) in [6.07, 6.45) is 1.59. The highest BCUT2D eigenvalue weighted by atomic mass is 32.2. The van der Waals surface area contributed by atoms with Crippen LogP contribution < -0.4 is 5.73 Å². The minimum atomic E-state index is -0.597. The molecule has 0 unspecified atom stereocenters. The van der Waals surface area contributed by atoms with Crippen LogP contribution in [0, 0.1) is 11.6 Å². The second-order valence-electron chi connectivity index (χ2n) is 2.99. The van der Waals surface area contributed by atoms with Crippen molar-refractivity contribution in [1.82, 2.24) is 4.98 Å². The summed E-state index contributed by atoms with van der Waals surface area (Å²) in [7, 11) is 0. The summed E-state index contributed by atoms with van der Waals surface area (Å²) in [5, 5.41) is 1.76. The molecule has 2 nitrogen and oxygen atoms in total. The molecule has 0 spiro atoms. The molecular weight excluding hydrogens is 250 g/mol. The van der Waals surface area contributed by atoms with Gasteiger partial charge in [-0.3, -0.25) is 0 Å². The fourth-order valence-electron chi connectivity index (χ4n) is 1.18. The summed E-state index contributed by atoms with van der Waals surface area (Å²) in [5.41, 5.74) is 5.77. The molecule has 16 heavy (non-hydrogen) atoms. The van der Waals surface area contributed by atoms with E-state index in [0.29, 0.717) is 9.90 Å². The predicted octanol–water partition coefficient (Wildman–Crippen LogP) is 3.03. The van der Waals surface area contributed by atoms with E-state index in [-0.39, 0.29) is 11.4 Å². The van der Waals surface area contributed by atoms with Gasteiger partial charge < -0.3 is 5.73 Å². The lowest BCUT2D eigenvalue weighted by Crippen LogP contribution is -1.99. The molecule has 6 heteroatoms. The Kier molecular flexibility index (Phi) is 3.52. The molecule has 0 saturated heterocycles. The molecule has 0 saturated carbocycles.